The van der Waals surface area contributed by atoms with Crippen molar-refractivity contribution in [2.45, 2.75) is 6.17 Å². The lowest BCUT2D eigenvalue weighted by atomic mass is 9.91. The van der Waals surface area contributed by atoms with Gasteiger partial charge in [-0.05, 0) is 97.0 Å². The summed E-state index contributed by atoms with van der Waals surface area (Å²) in [4.78, 5) is 10.6. The van der Waals surface area contributed by atoms with Gasteiger partial charge in [0.25, 0.3) is 0 Å². The van der Waals surface area contributed by atoms with Crippen molar-refractivity contribution in [3.8, 4) is 22.3 Å². The van der Waals surface area contributed by atoms with Gasteiger partial charge in [0, 0.05) is 38.2 Å². The maximum absolute atomic E-state index is 6.75. The van der Waals surface area contributed by atoms with Crippen LogP contribution < -0.4 is 5.32 Å². The van der Waals surface area contributed by atoms with E-state index < -0.39 is 6.17 Å². The number of para-hydroxylation sites is 1. The molecule has 0 bridgehead atoms. The molecule has 1 aliphatic heterocycles. The first-order chi connectivity index (χ1) is 30.7. The van der Waals surface area contributed by atoms with Gasteiger partial charge < -0.3 is 14.2 Å². The molecule has 290 valence electrons. The average Bonchev–Trinajstić information content (AvgIpc) is 3.90. The van der Waals surface area contributed by atoms with Crippen molar-refractivity contribution in [2.75, 3.05) is 0 Å². The Balaban J connectivity index is 0.972. The van der Waals surface area contributed by atoms with E-state index in [1.807, 2.05) is 24.3 Å². The Hall–Kier alpha value is -8.28. The summed E-state index contributed by atoms with van der Waals surface area (Å²) in [5.74, 6) is 1.42. The first-order valence-corrected chi connectivity index (χ1v) is 21.0. The third-order valence-electron chi connectivity index (χ3n) is 12.5. The van der Waals surface area contributed by atoms with Gasteiger partial charge in [-0.15, -0.1) is 0 Å². The van der Waals surface area contributed by atoms with Crippen molar-refractivity contribution < 1.29 is 8.83 Å². The van der Waals surface area contributed by atoms with E-state index >= 15 is 0 Å². The summed E-state index contributed by atoms with van der Waals surface area (Å²) in [6.45, 7) is 0. The quantitative estimate of drug-likeness (QED) is 0.189. The molecule has 5 heteroatoms. The molecule has 0 saturated carbocycles. The maximum Gasteiger partial charge on any atom is 0.159 e. The van der Waals surface area contributed by atoms with Crippen LogP contribution >= 0.6 is 0 Å². The predicted octanol–water partition coefficient (Wildman–Crippen LogP) is 14.8. The van der Waals surface area contributed by atoms with Crippen LogP contribution in [0.25, 0.3) is 98.4 Å². The molecule has 0 aliphatic carbocycles. The Bertz CT molecular complexity index is 3850. The normalized spacial score (nSPS) is 14.3. The lowest BCUT2D eigenvalue weighted by molar-refractivity contribution is 0.662. The average molecular weight is 794 g/mol. The molecular formula is C57H35N3O2. The Morgan fingerprint density at radius 2 is 1.02 bits per heavy atom. The summed E-state index contributed by atoms with van der Waals surface area (Å²) in [5, 5.41) is 15.1. The van der Waals surface area contributed by atoms with E-state index in [1.54, 1.807) is 0 Å². The lowest BCUT2D eigenvalue weighted by Gasteiger charge is -2.24. The highest BCUT2D eigenvalue weighted by Gasteiger charge is 2.25. The molecule has 1 aliphatic rings. The van der Waals surface area contributed by atoms with Gasteiger partial charge in [0.1, 0.15) is 34.3 Å². The number of nitrogens with one attached hydrogen (secondary N) is 1. The summed E-state index contributed by atoms with van der Waals surface area (Å²) in [7, 11) is 0. The van der Waals surface area contributed by atoms with Crippen LogP contribution in [0.1, 0.15) is 22.9 Å². The monoisotopic (exact) mass is 793 g/mol. The fourth-order valence-corrected chi connectivity index (χ4v) is 9.50. The van der Waals surface area contributed by atoms with Crippen LogP contribution in [0.3, 0.4) is 0 Å². The van der Waals surface area contributed by atoms with Crippen molar-refractivity contribution in [1.82, 2.24) is 5.32 Å². The molecule has 1 N–H and O–H groups in total. The van der Waals surface area contributed by atoms with Crippen molar-refractivity contribution in [2.24, 2.45) is 9.98 Å². The highest BCUT2D eigenvalue weighted by Crippen LogP contribution is 2.43. The highest BCUT2D eigenvalue weighted by molar-refractivity contribution is 6.18. The molecule has 1 unspecified atom stereocenters. The summed E-state index contributed by atoms with van der Waals surface area (Å²) in [6, 6.07) is 70.6. The fourth-order valence-electron chi connectivity index (χ4n) is 9.50. The van der Waals surface area contributed by atoms with Crippen LogP contribution in [0.5, 0.6) is 0 Å². The first-order valence-electron chi connectivity index (χ1n) is 21.0. The van der Waals surface area contributed by atoms with Gasteiger partial charge in [-0.25, -0.2) is 9.98 Å². The molecular weight excluding hydrogens is 759 g/mol. The van der Waals surface area contributed by atoms with Crippen LogP contribution in [0.15, 0.2) is 219 Å². The topological polar surface area (TPSA) is 63.0 Å². The van der Waals surface area contributed by atoms with Gasteiger partial charge in [-0.3, -0.25) is 0 Å². The van der Waals surface area contributed by atoms with Gasteiger partial charge in [-0.1, -0.05) is 158 Å². The first kappa shape index (κ1) is 34.6. The fraction of sp³-hybridized carbons (Fsp3) is 0.0175. The molecule has 5 nitrogen and oxygen atoms in total. The van der Waals surface area contributed by atoms with Crippen LogP contribution in [-0.2, 0) is 0 Å². The van der Waals surface area contributed by atoms with Crippen LogP contribution in [-0.4, -0.2) is 11.7 Å². The Morgan fingerprint density at radius 3 is 1.87 bits per heavy atom. The molecule has 2 aromatic heterocycles. The van der Waals surface area contributed by atoms with Crippen molar-refractivity contribution in [1.29, 1.82) is 0 Å². The number of nitrogens with zero attached hydrogens (tertiary/aromatic N) is 2. The summed E-state index contributed by atoms with van der Waals surface area (Å²) >= 11 is 0. The van der Waals surface area contributed by atoms with Crippen LogP contribution in [0, 0.1) is 0 Å². The van der Waals surface area contributed by atoms with Gasteiger partial charge in [-0.2, -0.15) is 0 Å². The molecule has 62 heavy (non-hydrogen) atoms. The van der Waals surface area contributed by atoms with Gasteiger partial charge in [0.05, 0.1) is 0 Å². The number of fused-ring (bicyclic) bond motifs is 9. The second kappa shape index (κ2) is 13.6. The molecule has 0 saturated heterocycles. The SMILES string of the molecule is c1ccc2cc(C3=NC(c4cccc5oc6ccccc6c45)NC(c4ccc(-c5cc(-c6cccc7ccccc67)cc6oc7cc8ccccc8cc7c56)cc4)=N3)ccc2c1. The van der Waals surface area contributed by atoms with E-state index in [0.29, 0.717) is 5.84 Å². The van der Waals surface area contributed by atoms with Gasteiger partial charge in [0.2, 0.25) is 0 Å². The molecule has 3 heterocycles. The smallest absolute Gasteiger partial charge is 0.159 e. The summed E-state index contributed by atoms with van der Waals surface area (Å²) in [5.41, 5.74) is 10.8. The molecule has 0 fully saturated rings. The van der Waals surface area contributed by atoms with Gasteiger partial charge >= 0.3 is 0 Å². The van der Waals surface area contributed by atoms with E-state index in [-0.39, 0.29) is 0 Å². The van der Waals surface area contributed by atoms with Crippen LogP contribution in [0.2, 0.25) is 0 Å². The maximum atomic E-state index is 6.75. The number of aliphatic imine (C=N–C) groups is 2. The molecule has 0 radical (unpaired) electrons. The van der Waals surface area contributed by atoms with E-state index in [1.165, 1.54) is 27.1 Å². The standard InChI is InChI=1S/C57H35N3O2/c1-2-13-38-29-41(28-23-34(38)11-1)56-58-55(59-57(60-56)46-20-10-22-50-53(46)45-18-7-8-21-49(45)61-50)37-26-24-36(25-27-37)47-31-42(44-19-9-16-35-12-5-6-17-43(35)44)33-52-54(47)48-30-39-14-3-4-15-40(39)32-51(48)62-52/h1-33,57H,(H,58,59,60). The van der Waals surface area contributed by atoms with E-state index in [4.69, 9.17) is 18.8 Å². The Morgan fingerprint density at radius 1 is 0.371 bits per heavy atom. The second-order valence-corrected chi connectivity index (χ2v) is 16.1. The van der Waals surface area contributed by atoms with E-state index in [9.17, 15) is 0 Å². The zero-order chi connectivity index (χ0) is 40.7. The Labute approximate surface area is 355 Å². The third kappa shape index (κ3) is 5.56. The van der Waals surface area contributed by atoms with Crippen molar-refractivity contribution in [3.05, 3.63) is 217 Å². The van der Waals surface area contributed by atoms with E-state index in [0.717, 1.165) is 93.9 Å². The Kier molecular flexibility index (Phi) is 7.60. The minimum absolute atomic E-state index is 0.419. The molecule has 10 aromatic carbocycles. The highest BCUT2D eigenvalue weighted by atomic mass is 16.3. The molecule has 1 atom stereocenters. The predicted molar refractivity (Wildman–Crippen MR) is 256 cm³/mol. The molecule has 0 amide bonds. The minimum Gasteiger partial charge on any atom is -0.456 e. The van der Waals surface area contributed by atoms with Crippen molar-refractivity contribution in [3.63, 3.8) is 0 Å². The van der Waals surface area contributed by atoms with Gasteiger partial charge in [0.15, 0.2) is 5.84 Å². The number of amidine groups is 2. The molecule has 13 rings (SSSR count). The number of hydrogen-bond acceptors (Lipinski definition) is 5. The zero-order valence-electron chi connectivity index (χ0n) is 33.3. The lowest BCUT2D eigenvalue weighted by Crippen LogP contribution is -2.33. The number of hydrogen-bond donors (Lipinski definition) is 1. The second-order valence-electron chi connectivity index (χ2n) is 16.1. The summed E-state index contributed by atoms with van der Waals surface area (Å²) in [6.07, 6.45) is -0.419. The zero-order valence-corrected chi connectivity index (χ0v) is 33.3. The number of benzene rings is 10. The van der Waals surface area contributed by atoms with Crippen LogP contribution in [0.4, 0.5) is 0 Å². The third-order valence-corrected chi connectivity index (χ3v) is 12.5. The summed E-state index contributed by atoms with van der Waals surface area (Å²) < 4.78 is 13.1. The molecule has 12 aromatic rings. The van der Waals surface area contributed by atoms with E-state index in [2.05, 4.69) is 181 Å². The minimum atomic E-state index is -0.419. The number of rotatable bonds is 5. The molecule has 0 spiro atoms. The number of furan rings is 2. The largest absolute Gasteiger partial charge is 0.456 e. The van der Waals surface area contributed by atoms with Crippen molar-refractivity contribution >= 4 is 87.9 Å².